The zero-order chi connectivity index (χ0) is 34.5. The fraction of sp³-hybridized carbons (Fsp3) is 0.595. The summed E-state index contributed by atoms with van der Waals surface area (Å²) in [6, 6.07) is 11.7. The van der Waals surface area contributed by atoms with Crippen molar-refractivity contribution in [1.29, 1.82) is 0 Å². The minimum Gasteiger partial charge on any atom is -0.494 e. The molecule has 4 fully saturated rings. The van der Waals surface area contributed by atoms with Gasteiger partial charge in [-0.2, -0.15) is 18.2 Å². The van der Waals surface area contributed by atoms with Gasteiger partial charge in [0.15, 0.2) is 11.4 Å². The third-order valence-electron chi connectivity index (χ3n) is 11.1. The van der Waals surface area contributed by atoms with E-state index in [1.54, 1.807) is 41.3 Å². The summed E-state index contributed by atoms with van der Waals surface area (Å²) in [6.45, 7) is 8.88. The van der Waals surface area contributed by atoms with E-state index in [-0.39, 0.29) is 35.0 Å². The normalized spacial score (nSPS) is 27.6. The quantitative estimate of drug-likeness (QED) is 0.241. The van der Waals surface area contributed by atoms with Crippen molar-refractivity contribution in [3.63, 3.8) is 0 Å². The van der Waals surface area contributed by atoms with Crippen molar-refractivity contribution < 1.29 is 36.7 Å². The summed E-state index contributed by atoms with van der Waals surface area (Å²) in [7, 11) is 0. The van der Waals surface area contributed by atoms with Crippen LogP contribution >= 0.6 is 0 Å². The van der Waals surface area contributed by atoms with Gasteiger partial charge in [0, 0.05) is 34.5 Å². The molecule has 4 aliphatic carbocycles. The first-order chi connectivity index (χ1) is 22.6. The maximum absolute atomic E-state index is 15.3. The molecule has 0 spiro atoms. The third-order valence-corrected chi connectivity index (χ3v) is 11.1. The minimum absolute atomic E-state index is 0.0817. The van der Waals surface area contributed by atoms with E-state index in [9.17, 15) is 23.1 Å². The van der Waals surface area contributed by atoms with Gasteiger partial charge in [-0.1, -0.05) is 38.1 Å². The number of aliphatic hydroxyl groups is 1. The second kappa shape index (κ2) is 12.4. The summed E-state index contributed by atoms with van der Waals surface area (Å²) in [6.07, 6.45) is -1.07. The number of ether oxygens (including phenoxy) is 1. The van der Waals surface area contributed by atoms with Crippen molar-refractivity contribution in [1.82, 2.24) is 10.1 Å². The Kier molecular flexibility index (Phi) is 8.92. The predicted octanol–water partition coefficient (Wildman–Crippen LogP) is 8.68. The van der Waals surface area contributed by atoms with Crippen LogP contribution in [0.1, 0.15) is 104 Å². The average molecular weight is 672 g/mol. The van der Waals surface area contributed by atoms with Crippen LogP contribution in [-0.4, -0.2) is 46.1 Å². The molecule has 3 aromatic rings. The Morgan fingerprint density at radius 2 is 1.60 bits per heavy atom. The molecule has 7 nitrogen and oxygen atoms in total. The highest BCUT2D eigenvalue weighted by molar-refractivity contribution is 5.96. The fourth-order valence-corrected chi connectivity index (χ4v) is 7.84. The summed E-state index contributed by atoms with van der Waals surface area (Å²) >= 11 is 0. The van der Waals surface area contributed by atoms with E-state index < -0.39 is 36.4 Å². The van der Waals surface area contributed by atoms with Gasteiger partial charge in [-0.25, -0.2) is 4.39 Å². The molecule has 4 aliphatic rings. The van der Waals surface area contributed by atoms with Crippen LogP contribution in [0.4, 0.5) is 23.2 Å². The number of carbonyl (C=O) groups excluding carboxylic acids is 1. The van der Waals surface area contributed by atoms with Crippen molar-refractivity contribution >= 4 is 11.6 Å². The lowest BCUT2D eigenvalue weighted by Gasteiger charge is -2.53. The van der Waals surface area contributed by atoms with Crippen LogP contribution in [0, 0.1) is 17.2 Å². The summed E-state index contributed by atoms with van der Waals surface area (Å²) in [5, 5.41) is 14.6. The topological polar surface area (TPSA) is 88.7 Å². The van der Waals surface area contributed by atoms with E-state index in [4.69, 9.17) is 14.2 Å². The first kappa shape index (κ1) is 34.4. The number of alkyl halides is 3. The van der Waals surface area contributed by atoms with Crippen LogP contribution in [-0.2, 0) is 15.6 Å². The van der Waals surface area contributed by atoms with Crippen molar-refractivity contribution in [3.8, 4) is 16.9 Å². The lowest BCUT2D eigenvalue weighted by molar-refractivity contribution is -0.271. The van der Waals surface area contributed by atoms with E-state index in [1.807, 2.05) is 27.7 Å². The number of benzene rings is 2. The molecule has 0 radical (unpaired) electrons. The highest BCUT2D eigenvalue weighted by Crippen LogP contribution is 2.58. The molecule has 2 aromatic carbocycles. The molecule has 1 aromatic heterocycles. The number of aromatic nitrogens is 2. The summed E-state index contributed by atoms with van der Waals surface area (Å²) in [5.41, 5.74) is -2.02. The van der Waals surface area contributed by atoms with Crippen LogP contribution in [0.2, 0.25) is 0 Å². The van der Waals surface area contributed by atoms with Crippen molar-refractivity contribution in [3.05, 3.63) is 60.0 Å². The van der Waals surface area contributed by atoms with Crippen molar-refractivity contribution in [2.24, 2.45) is 11.3 Å². The first-order valence-electron chi connectivity index (χ1n) is 17.1. The molecule has 1 N–H and O–H groups in total. The Labute approximate surface area is 279 Å². The molecule has 0 saturated heterocycles. The Balaban J connectivity index is 1.28. The van der Waals surface area contributed by atoms with Crippen LogP contribution in [0.15, 0.2) is 47.0 Å². The molecule has 260 valence electrons. The molecular weight excluding hydrogens is 626 g/mol. The highest BCUT2D eigenvalue weighted by atomic mass is 19.4. The molecule has 1 amide bonds. The first-order valence-corrected chi connectivity index (χ1v) is 17.1. The number of hydrogen-bond acceptors (Lipinski definition) is 6. The molecule has 48 heavy (non-hydrogen) atoms. The number of anilines is 1. The predicted molar refractivity (Wildman–Crippen MR) is 173 cm³/mol. The van der Waals surface area contributed by atoms with E-state index in [2.05, 4.69) is 5.16 Å². The molecule has 7 rings (SSSR count). The Morgan fingerprint density at radius 1 is 0.979 bits per heavy atom. The smallest absolute Gasteiger partial charge is 0.417 e. The van der Waals surface area contributed by atoms with Gasteiger partial charge in [-0.05, 0) is 112 Å². The number of carbonyl (C=O) groups is 1. The number of amides is 1. The monoisotopic (exact) mass is 671 g/mol. The Morgan fingerprint density at radius 3 is 2.15 bits per heavy atom. The van der Waals surface area contributed by atoms with Gasteiger partial charge in [-0.15, -0.1) is 0 Å². The van der Waals surface area contributed by atoms with Gasteiger partial charge >= 0.3 is 6.18 Å². The van der Waals surface area contributed by atoms with Crippen LogP contribution in [0.3, 0.4) is 0 Å². The molecule has 0 unspecified atom stereocenters. The molecule has 1 heterocycles. The number of halogens is 4. The summed E-state index contributed by atoms with van der Waals surface area (Å²) < 4.78 is 67.5. The minimum atomic E-state index is -4.76. The van der Waals surface area contributed by atoms with Crippen molar-refractivity contribution in [2.75, 3.05) is 18.1 Å². The van der Waals surface area contributed by atoms with E-state index in [1.165, 1.54) is 6.07 Å². The second-order valence-corrected chi connectivity index (χ2v) is 15.3. The van der Waals surface area contributed by atoms with Crippen LogP contribution < -0.4 is 9.64 Å². The Hall–Kier alpha value is -3.47. The van der Waals surface area contributed by atoms with Gasteiger partial charge in [0.25, 0.3) is 0 Å². The molecule has 0 atom stereocenters. The molecule has 11 heteroatoms. The van der Waals surface area contributed by atoms with Gasteiger partial charge in [0.1, 0.15) is 11.6 Å². The highest BCUT2D eigenvalue weighted by Gasteiger charge is 2.56. The number of rotatable bonds is 8. The lowest BCUT2D eigenvalue weighted by Crippen LogP contribution is -2.53. The molecular formula is C37H45F4N3O4. The summed E-state index contributed by atoms with van der Waals surface area (Å²) in [5.74, 6) is 0.582. The fourth-order valence-electron chi connectivity index (χ4n) is 7.84. The largest absolute Gasteiger partial charge is 0.494 e. The van der Waals surface area contributed by atoms with Gasteiger partial charge < -0.3 is 19.3 Å². The molecule has 2 bridgehead atoms. The van der Waals surface area contributed by atoms with Crippen molar-refractivity contribution in [2.45, 2.75) is 115 Å². The van der Waals surface area contributed by atoms with Gasteiger partial charge in [0.05, 0.1) is 6.61 Å². The van der Waals surface area contributed by atoms with E-state index >= 15 is 4.39 Å². The third kappa shape index (κ3) is 6.46. The maximum Gasteiger partial charge on any atom is 0.417 e. The number of fused-ring (bicyclic) bond motifs is 3. The summed E-state index contributed by atoms with van der Waals surface area (Å²) in [4.78, 5) is 20.8. The van der Waals surface area contributed by atoms with Gasteiger partial charge in [0.2, 0.25) is 11.8 Å². The zero-order valence-corrected chi connectivity index (χ0v) is 28.1. The average Bonchev–Trinajstić information content (AvgIpc) is 3.58. The second-order valence-electron chi connectivity index (χ2n) is 15.3. The molecule has 0 aliphatic heterocycles. The Bertz CT molecular complexity index is 1600. The zero-order valence-electron chi connectivity index (χ0n) is 28.1. The molecule has 4 saturated carbocycles. The lowest BCUT2D eigenvalue weighted by atomic mass is 9.53. The SMILES string of the molecule is CCOc1ccc(-c2cc(N(CC34CCC(c5nc(C(C)(C)C)no5)(CC3)CC4)C(=O)C3CCC(O)(C(F)(F)F)CC3)ccc2F)cc1. The maximum atomic E-state index is 15.3. The van der Waals surface area contributed by atoms with E-state index in [0.717, 1.165) is 38.5 Å². The standard InChI is InChI=1S/C37H45F4N3O4/c1-5-47-27-9-6-24(7-10-27)28-22-26(8-11-29(28)38)44(30(45)25-12-14-36(46,15-13-25)37(39,40)41)23-34-16-19-35(20-17-34,21-18-34)32-42-31(43-48-32)33(2,3)4/h6-11,22,25,46H,5,12-21,23H2,1-4H3. The van der Waals surface area contributed by atoms with E-state index in [0.29, 0.717) is 47.4 Å². The van der Waals surface area contributed by atoms with Crippen LogP contribution in [0.5, 0.6) is 5.75 Å². The van der Waals surface area contributed by atoms with Gasteiger partial charge in [-0.3, -0.25) is 4.79 Å². The number of hydrogen-bond donors (Lipinski definition) is 1. The number of nitrogens with zero attached hydrogens (tertiary/aromatic N) is 3. The van der Waals surface area contributed by atoms with Crippen LogP contribution in [0.25, 0.3) is 11.1 Å².